The van der Waals surface area contributed by atoms with Gasteiger partial charge in [-0.2, -0.15) is 0 Å². The van der Waals surface area contributed by atoms with E-state index in [9.17, 15) is 17.8 Å². The van der Waals surface area contributed by atoms with Crippen LogP contribution in [0.5, 0.6) is 69.0 Å². The minimum atomic E-state index is -0.843. The van der Waals surface area contributed by atoms with E-state index in [4.69, 9.17) is 106 Å². The van der Waals surface area contributed by atoms with E-state index in [0.29, 0.717) is 84.5 Å². The molecule has 1 N–H and O–H groups in total. The first kappa shape index (κ1) is 117. The van der Waals surface area contributed by atoms with Crippen molar-refractivity contribution < 1.29 is 93.9 Å². The monoisotopic (exact) mass is 1930 g/mol. The zero-order valence-corrected chi connectivity index (χ0v) is 86.6. The number of aliphatic hydroxyl groups is 1. The van der Waals surface area contributed by atoms with Gasteiger partial charge in [-0.1, -0.05) is 150 Å². The summed E-state index contributed by atoms with van der Waals surface area (Å²) in [6.07, 6.45) is 2.11. The number of esters is 1. The average molecular weight is 1930 g/mol. The Morgan fingerprint density at radius 1 is 0.433 bits per heavy atom. The van der Waals surface area contributed by atoms with E-state index in [1.54, 1.807) is 53.6 Å². The van der Waals surface area contributed by atoms with Crippen LogP contribution in [0.4, 0.5) is 8.78 Å². The number of methoxy groups -OCH3 is 5. The lowest BCUT2D eigenvalue weighted by atomic mass is 10.1. The second-order valence-electron chi connectivity index (χ2n) is 32.2. The lowest BCUT2D eigenvalue weighted by Gasteiger charge is -2.26. The van der Waals surface area contributed by atoms with Gasteiger partial charge in [0.15, 0.2) is 46.1 Å². The Kier molecular flexibility index (Phi) is 57.0. The zero-order chi connectivity index (χ0) is 99.9. The molecule has 11 aromatic rings. The molecule has 1 saturated heterocycles. The summed E-state index contributed by atoms with van der Waals surface area (Å²) in [4.78, 5) is 12.0. The van der Waals surface area contributed by atoms with E-state index in [2.05, 4.69) is 4.74 Å². The van der Waals surface area contributed by atoms with Gasteiger partial charge in [0, 0.05) is 41.4 Å². The normalized spacial score (nSPS) is 11.4. The first-order chi connectivity index (χ1) is 63.7. The van der Waals surface area contributed by atoms with Crippen molar-refractivity contribution in [3.05, 3.63) is 311 Å². The Morgan fingerprint density at radius 3 is 1.40 bits per heavy atom. The summed E-state index contributed by atoms with van der Waals surface area (Å²) >= 11 is 17.8. The summed E-state index contributed by atoms with van der Waals surface area (Å²) in [7, 11) is 7.13. The smallest absolute Gasteiger partial charge is 0.337 e. The van der Waals surface area contributed by atoms with E-state index < -0.39 is 10.8 Å². The summed E-state index contributed by atoms with van der Waals surface area (Å²) in [5.74, 6) is 8.31. The molecule has 0 saturated carbocycles. The SMILES string of the molecule is CCOc1cc(C)ccc1OC.CCOc1ccc(C)cc1OC.COC(=O)c1cc(C)cc(C)c1.COCCOc1ccc(C)cc1Cl.COc1cc(C)ccc1CCO.Cc1ccc(OC(C)C)c(Cl)c1.Cc1ccc(OC(C)C)cc1Cl.Cc1ccc(OC(C)C)cc1F.Cc1ccc(OC2COC2)c(F)c1.Cc1ccc(S(=O)C(C)C)cc1.Cc1cccc2c1OCCCO2. The largest absolute Gasteiger partial charge is 0.496 e. The number of carbonyl (C=O) groups is 1. The molecule has 1 atom stereocenters. The molecule has 0 aliphatic carbocycles. The molecule has 24 heteroatoms. The van der Waals surface area contributed by atoms with Crippen molar-refractivity contribution in [1.29, 1.82) is 0 Å². The molecule has 1 unspecified atom stereocenters. The van der Waals surface area contributed by atoms with Gasteiger partial charge < -0.3 is 76.2 Å². The van der Waals surface area contributed by atoms with Gasteiger partial charge in [-0.05, 0) is 316 Å². The molecule has 11 aromatic carbocycles. The Balaban J connectivity index is 0.000000380. The fourth-order valence-corrected chi connectivity index (χ4v) is 13.4. The molecule has 0 radical (unpaired) electrons. The van der Waals surface area contributed by atoms with Gasteiger partial charge >= 0.3 is 5.97 Å². The summed E-state index contributed by atoms with van der Waals surface area (Å²) in [6.45, 7) is 48.5. The number of rotatable bonds is 24. The first-order valence-electron chi connectivity index (χ1n) is 44.7. The van der Waals surface area contributed by atoms with Gasteiger partial charge in [0.25, 0.3) is 0 Å². The second-order valence-corrected chi connectivity index (χ2v) is 35.4. The van der Waals surface area contributed by atoms with E-state index in [1.807, 2.05) is 321 Å². The molecule has 2 heterocycles. The summed E-state index contributed by atoms with van der Waals surface area (Å²) in [6, 6.07) is 64.4. The number of aliphatic hydroxyl groups excluding tert-OH is 1. The van der Waals surface area contributed by atoms with Crippen LogP contribution < -0.4 is 56.8 Å². The third-order valence-electron chi connectivity index (χ3n) is 18.5. The van der Waals surface area contributed by atoms with Crippen molar-refractivity contribution >= 4 is 51.6 Å². The number of ether oxygens (including phenoxy) is 15. The highest BCUT2D eigenvalue weighted by atomic mass is 35.5. The Labute approximate surface area is 814 Å². The van der Waals surface area contributed by atoms with Crippen LogP contribution >= 0.6 is 34.8 Å². The minimum Gasteiger partial charge on any atom is -0.496 e. The number of halogens is 5. The summed E-state index contributed by atoms with van der Waals surface area (Å²) < 4.78 is 116. The highest BCUT2D eigenvalue weighted by molar-refractivity contribution is 7.85. The van der Waals surface area contributed by atoms with Gasteiger partial charge in [-0.25, -0.2) is 13.6 Å². The number of benzene rings is 11. The van der Waals surface area contributed by atoms with Crippen molar-refractivity contribution in [2.75, 3.05) is 95.0 Å². The maximum Gasteiger partial charge on any atom is 0.337 e. The lowest BCUT2D eigenvalue weighted by molar-refractivity contribution is -0.0808. The molecule has 2 aliphatic heterocycles. The summed E-state index contributed by atoms with van der Waals surface area (Å²) in [5.41, 5.74) is 14.6. The molecular formula is C110H143Cl3F2O18S. The Hall–Kier alpha value is -10.8. The maximum atomic E-state index is 13.2. The molecule has 0 amide bonds. The minimum absolute atomic E-state index is 0.0252. The number of carbonyl (C=O) groups excluding carboxylic acids is 1. The number of hydrogen-bond acceptors (Lipinski definition) is 18. The fourth-order valence-electron chi connectivity index (χ4n) is 11.7. The van der Waals surface area contributed by atoms with Crippen LogP contribution in [0, 0.1) is 94.7 Å². The highest BCUT2D eigenvalue weighted by Crippen LogP contribution is 2.34. The zero-order valence-electron chi connectivity index (χ0n) is 83.5. The summed E-state index contributed by atoms with van der Waals surface area (Å²) in [5, 5.41) is 11.0. The van der Waals surface area contributed by atoms with Crippen LogP contribution in [-0.4, -0.2) is 140 Å². The van der Waals surface area contributed by atoms with E-state index >= 15 is 0 Å². The Bertz CT molecular complexity index is 5120. The van der Waals surface area contributed by atoms with E-state index in [-0.39, 0.29) is 53.9 Å². The van der Waals surface area contributed by atoms with Crippen LogP contribution in [0.1, 0.15) is 158 Å². The van der Waals surface area contributed by atoms with Crippen molar-refractivity contribution in [2.24, 2.45) is 0 Å². The van der Waals surface area contributed by atoms with Gasteiger partial charge in [-0.15, -0.1) is 0 Å². The number of hydrogen-bond donors (Lipinski definition) is 1. The third-order valence-corrected chi connectivity index (χ3v) is 21.0. The van der Waals surface area contributed by atoms with E-state index in [1.165, 1.54) is 41.5 Å². The lowest BCUT2D eigenvalue weighted by Crippen LogP contribution is -2.38. The standard InChI is InChI=1S/C10H13ClO2.2C10H13ClO.C10H11FO2.C10H13FO.2C10H12O2.3C10H14O2.C10H14OS/c1-8-3-4-10(9(11)7-8)13-6-5-12-2;1-7(2)12-9-5-4-8(3)10(11)6-9;1-7(2)12-10-5-4-8(3)6-9(10)11;1-7-2-3-10(9(11)4-7)13-8-5-12-6-8;1-7(2)12-9-5-4-8(3)10(11)6-9;1-8-4-2-5-9-10(8)12-7-3-6-11-9;1-7-4-8(2)6-9(5-7)10(11)12-3;1-8-3-4-9(5-6-11)10(7-8)12-2;1-4-12-9-6-5-8(2)7-10(9)11-3;1-4-12-10-7-8(2)5-6-9(10)11-3;1-8(2)12(11)10-6-4-9(3)5-7-10/h3-4,7H,5-6H2,1-2H3;2*4-7H,1-3H3;2-4,8H,5-6H2,1H3;4-7H,1-3H3;2,4-5H,3,6-7H2,1H3;4-6H,1-3H3;3-4,7,11H,5-6H2,1-2H3;2*5-7H,4H2,1-3H3;4-8H,1-3H3. The predicted octanol–water partition coefficient (Wildman–Crippen LogP) is 27.5. The molecule has 134 heavy (non-hydrogen) atoms. The molecule has 13 rings (SSSR count). The molecular weight excluding hydrogens is 1790 g/mol. The number of aryl methyl sites for hydroxylation is 12. The molecule has 2 aliphatic rings. The topological polar surface area (TPSA) is 193 Å². The van der Waals surface area contributed by atoms with Crippen LogP contribution in [0.15, 0.2) is 211 Å². The molecule has 1 fully saturated rings. The van der Waals surface area contributed by atoms with Crippen molar-refractivity contribution in [3.63, 3.8) is 0 Å². The molecule has 0 bridgehead atoms. The maximum absolute atomic E-state index is 13.2. The number of fused-ring (bicyclic) bond motifs is 1. The van der Waals surface area contributed by atoms with Crippen molar-refractivity contribution in [1.82, 2.24) is 0 Å². The van der Waals surface area contributed by atoms with Crippen LogP contribution in [-0.2, 0) is 31.4 Å². The quantitative estimate of drug-likeness (QED) is 0.0443. The molecule has 18 nitrogen and oxygen atoms in total. The van der Waals surface area contributed by atoms with Gasteiger partial charge in [-0.3, -0.25) is 4.21 Å². The third kappa shape index (κ3) is 46.9. The second kappa shape index (κ2) is 65.0. The molecule has 0 spiro atoms. The van der Waals surface area contributed by atoms with Crippen LogP contribution in [0.2, 0.25) is 15.1 Å². The van der Waals surface area contributed by atoms with Crippen LogP contribution in [0.25, 0.3) is 0 Å². The van der Waals surface area contributed by atoms with Gasteiger partial charge in [0.2, 0.25) is 0 Å². The highest BCUT2D eigenvalue weighted by Gasteiger charge is 2.22. The first-order valence-corrected chi connectivity index (χ1v) is 47.0. The number of para-hydroxylation sites is 1. The van der Waals surface area contributed by atoms with Crippen molar-refractivity contribution in [3.8, 4) is 69.0 Å². The van der Waals surface area contributed by atoms with Gasteiger partial charge in [0.1, 0.15) is 47.3 Å². The predicted molar refractivity (Wildman–Crippen MR) is 544 cm³/mol. The fraction of sp³-hybridized carbons (Fsp3) is 0.391. The van der Waals surface area contributed by atoms with Crippen LogP contribution in [0.3, 0.4) is 0 Å². The molecule has 0 aromatic heterocycles. The molecule has 732 valence electrons. The Morgan fingerprint density at radius 2 is 0.910 bits per heavy atom. The van der Waals surface area contributed by atoms with E-state index in [0.717, 1.165) is 126 Å². The van der Waals surface area contributed by atoms with Gasteiger partial charge in [0.05, 0.1) is 119 Å². The van der Waals surface area contributed by atoms with Crippen molar-refractivity contribution in [2.45, 2.75) is 200 Å². The average Bonchev–Trinajstić information content (AvgIpc) is 1.78.